The maximum atomic E-state index is 12.2. The lowest BCUT2D eigenvalue weighted by molar-refractivity contribution is 0.102. The molecule has 0 atom stereocenters. The number of rotatable bonds is 4. The van der Waals surface area contributed by atoms with Crippen molar-refractivity contribution in [2.75, 3.05) is 16.3 Å². The van der Waals surface area contributed by atoms with Gasteiger partial charge in [-0.2, -0.15) is 0 Å². The molecule has 0 spiro atoms. The molecule has 0 unspecified atom stereocenters. The van der Waals surface area contributed by atoms with E-state index in [9.17, 15) is 13.2 Å². The van der Waals surface area contributed by atoms with Crippen molar-refractivity contribution in [3.63, 3.8) is 0 Å². The molecule has 0 saturated carbocycles. The monoisotopic (exact) mass is 358 g/mol. The zero-order valence-electron chi connectivity index (χ0n) is 11.4. The SMILES string of the molecule is CS(=O)(=O)Nc1cccc(C(=O)Nc2ccc(Cl)c(Cl)c2)c1. The summed E-state index contributed by atoms with van der Waals surface area (Å²) in [4.78, 5) is 12.2. The number of hydrogen-bond acceptors (Lipinski definition) is 3. The van der Waals surface area contributed by atoms with Gasteiger partial charge in [-0.15, -0.1) is 0 Å². The van der Waals surface area contributed by atoms with Crippen LogP contribution in [0.3, 0.4) is 0 Å². The van der Waals surface area contributed by atoms with Gasteiger partial charge in [0.15, 0.2) is 0 Å². The second-order valence-electron chi connectivity index (χ2n) is 4.54. The van der Waals surface area contributed by atoms with E-state index in [1.54, 1.807) is 30.3 Å². The maximum absolute atomic E-state index is 12.2. The second-order valence-corrected chi connectivity index (χ2v) is 7.10. The van der Waals surface area contributed by atoms with Crippen molar-refractivity contribution < 1.29 is 13.2 Å². The molecule has 2 aromatic carbocycles. The Morgan fingerprint density at radius 3 is 2.36 bits per heavy atom. The lowest BCUT2D eigenvalue weighted by Crippen LogP contribution is -2.13. The summed E-state index contributed by atoms with van der Waals surface area (Å²) in [5.41, 5.74) is 1.10. The molecule has 22 heavy (non-hydrogen) atoms. The summed E-state index contributed by atoms with van der Waals surface area (Å²) in [5.74, 6) is -0.393. The Morgan fingerprint density at radius 1 is 1.00 bits per heavy atom. The molecule has 0 heterocycles. The molecule has 8 heteroatoms. The van der Waals surface area contributed by atoms with E-state index in [2.05, 4.69) is 10.0 Å². The Morgan fingerprint density at radius 2 is 1.73 bits per heavy atom. The van der Waals surface area contributed by atoms with Crippen LogP contribution < -0.4 is 10.0 Å². The van der Waals surface area contributed by atoms with Crippen LogP contribution in [0.5, 0.6) is 0 Å². The van der Waals surface area contributed by atoms with Gasteiger partial charge >= 0.3 is 0 Å². The fourth-order valence-corrected chi connectivity index (χ4v) is 2.57. The highest BCUT2D eigenvalue weighted by molar-refractivity contribution is 7.92. The first-order valence-corrected chi connectivity index (χ1v) is 8.73. The van der Waals surface area contributed by atoms with Crippen LogP contribution in [0.15, 0.2) is 42.5 Å². The number of benzene rings is 2. The minimum atomic E-state index is -3.40. The lowest BCUT2D eigenvalue weighted by Gasteiger charge is -2.08. The molecule has 0 aliphatic heterocycles. The maximum Gasteiger partial charge on any atom is 0.255 e. The minimum absolute atomic E-state index is 0.305. The first kappa shape index (κ1) is 16.6. The number of carbonyl (C=O) groups is 1. The van der Waals surface area contributed by atoms with Crippen molar-refractivity contribution in [1.82, 2.24) is 0 Å². The van der Waals surface area contributed by atoms with E-state index in [4.69, 9.17) is 23.2 Å². The Hall–Kier alpha value is -1.76. The van der Waals surface area contributed by atoms with Crippen LogP contribution in [0.4, 0.5) is 11.4 Å². The predicted octanol–water partition coefficient (Wildman–Crippen LogP) is 3.62. The van der Waals surface area contributed by atoms with Gasteiger partial charge < -0.3 is 5.32 Å². The van der Waals surface area contributed by atoms with Gasteiger partial charge in [0.05, 0.1) is 16.3 Å². The first-order chi connectivity index (χ1) is 10.2. The third-order valence-electron chi connectivity index (χ3n) is 2.61. The van der Waals surface area contributed by atoms with Crippen LogP contribution in [0.25, 0.3) is 0 Å². The summed E-state index contributed by atoms with van der Waals surface area (Å²) in [6.45, 7) is 0. The molecule has 0 fully saturated rings. The van der Waals surface area contributed by atoms with Gasteiger partial charge in [-0.05, 0) is 36.4 Å². The van der Waals surface area contributed by atoms with Gasteiger partial charge in [0.2, 0.25) is 10.0 Å². The molecule has 2 aromatic rings. The number of carbonyl (C=O) groups excluding carboxylic acids is 1. The average molecular weight is 359 g/mol. The van der Waals surface area contributed by atoms with Gasteiger partial charge in [0.1, 0.15) is 0 Å². The number of amides is 1. The van der Waals surface area contributed by atoms with Gasteiger partial charge in [0.25, 0.3) is 5.91 Å². The fraction of sp³-hybridized carbons (Fsp3) is 0.0714. The third kappa shape index (κ3) is 4.62. The van der Waals surface area contributed by atoms with Crippen molar-refractivity contribution in [3.05, 3.63) is 58.1 Å². The molecule has 0 radical (unpaired) electrons. The summed E-state index contributed by atoms with van der Waals surface area (Å²) in [6.07, 6.45) is 1.04. The van der Waals surface area contributed by atoms with Crippen LogP contribution in [0.2, 0.25) is 10.0 Å². The van der Waals surface area contributed by atoms with Gasteiger partial charge in [-0.1, -0.05) is 29.3 Å². The van der Waals surface area contributed by atoms with Crippen LogP contribution >= 0.6 is 23.2 Å². The largest absolute Gasteiger partial charge is 0.322 e. The van der Waals surface area contributed by atoms with Crippen molar-refractivity contribution >= 4 is 50.5 Å². The number of hydrogen-bond donors (Lipinski definition) is 2. The van der Waals surface area contributed by atoms with Crippen LogP contribution in [-0.2, 0) is 10.0 Å². The van der Waals surface area contributed by atoms with Gasteiger partial charge in [-0.25, -0.2) is 8.42 Å². The standard InChI is InChI=1S/C14H12Cl2N2O3S/c1-22(20,21)18-11-4-2-3-9(7-11)14(19)17-10-5-6-12(15)13(16)8-10/h2-8,18H,1H3,(H,17,19). The quantitative estimate of drug-likeness (QED) is 0.876. The van der Waals surface area contributed by atoms with E-state index in [1.807, 2.05) is 0 Å². The van der Waals surface area contributed by atoms with Crippen molar-refractivity contribution in [3.8, 4) is 0 Å². The first-order valence-electron chi connectivity index (χ1n) is 6.09. The molecule has 0 aromatic heterocycles. The molecule has 2 N–H and O–H groups in total. The van der Waals surface area contributed by atoms with E-state index >= 15 is 0 Å². The van der Waals surface area contributed by atoms with Crippen LogP contribution in [0.1, 0.15) is 10.4 Å². The molecular weight excluding hydrogens is 347 g/mol. The highest BCUT2D eigenvalue weighted by Gasteiger charge is 2.09. The normalized spacial score (nSPS) is 11.0. The molecule has 5 nitrogen and oxygen atoms in total. The second kappa shape index (κ2) is 6.56. The number of sulfonamides is 1. The van der Waals surface area contributed by atoms with Crippen molar-refractivity contribution in [1.29, 1.82) is 0 Å². The minimum Gasteiger partial charge on any atom is -0.322 e. The lowest BCUT2D eigenvalue weighted by atomic mass is 10.2. The molecule has 0 saturated heterocycles. The topological polar surface area (TPSA) is 75.3 Å². The molecule has 0 aliphatic carbocycles. The van der Waals surface area contributed by atoms with E-state index in [-0.39, 0.29) is 0 Å². The summed E-state index contributed by atoms with van der Waals surface area (Å²) in [6, 6.07) is 10.9. The Labute approximate surface area is 138 Å². The Bertz CT molecular complexity index is 823. The number of nitrogens with one attached hydrogen (secondary N) is 2. The smallest absolute Gasteiger partial charge is 0.255 e. The van der Waals surface area contributed by atoms with Crippen molar-refractivity contribution in [2.45, 2.75) is 0 Å². The zero-order chi connectivity index (χ0) is 16.3. The van der Waals surface area contributed by atoms with Gasteiger partial charge in [0, 0.05) is 16.9 Å². The van der Waals surface area contributed by atoms with Crippen LogP contribution in [0, 0.1) is 0 Å². The molecule has 2 rings (SSSR count). The van der Waals surface area contributed by atoms with Crippen LogP contribution in [-0.4, -0.2) is 20.6 Å². The molecule has 1 amide bonds. The zero-order valence-corrected chi connectivity index (χ0v) is 13.8. The predicted molar refractivity (Wildman–Crippen MR) is 89.3 cm³/mol. The Balaban J connectivity index is 2.19. The summed E-state index contributed by atoms with van der Waals surface area (Å²) in [5, 5.41) is 3.37. The molecule has 116 valence electrons. The number of anilines is 2. The molecular formula is C14H12Cl2N2O3S. The third-order valence-corrected chi connectivity index (χ3v) is 3.95. The summed E-state index contributed by atoms with van der Waals surface area (Å²) < 4.78 is 24.7. The summed E-state index contributed by atoms with van der Waals surface area (Å²) >= 11 is 11.7. The van der Waals surface area contributed by atoms with E-state index in [0.29, 0.717) is 27.0 Å². The van der Waals surface area contributed by atoms with E-state index < -0.39 is 15.9 Å². The highest BCUT2D eigenvalue weighted by atomic mass is 35.5. The highest BCUT2D eigenvalue weighted by Crippen LogP contribution is 2.25. The van der Waals surface area contributed by atoms with Gasteiger partial charge in [-0.3, -0.25) is 9.52 Å². The fourth-order valence-electron chi connectivity index (χ4n) is 1.72. The molecule has 0 aliphatic rings. The average Bonchev–Trinajstić information content (AvgIpc) is 2.41. The van der Waals surface area contributed by atoms with E-state index in [1.165, 1.54) is 12.1 Å². The van der Waals surface area contributed by atoms with E-state index in [0.717, 1.165) is 6.26 Å². The summed E-state index contributed by atoms with van der Waals surface area (Å²) in [7, 11) is -3.40. The number of halogens is 2. The van der Waals surface area contributed by atoms with Crippen molar-refractivity contribution in [2.24, 2.45) is 0 Å². The molecule has 0 bridgehead atoms. The Kier molecular flexibility index (Phi) is 4.95.